The maximum Gasteiger partial charge on any atom is 0.254 e. The normalized spacial score (nSPS) is 29.2. The molecule has 2 saturated heterocycles. The van der Waals surface area contributed by atoms with Gasteiger partial charge in [0.2, 0.25) is 11.8 Å². The van der Waals surface area contributed by atoms with Gasteiger partial charge in [-0.2, -0.15) is 0 Å². The number of ether oxygens (including phenoxy) is 2. The minimum absolute atomic E-state index is 0.0531. The molecule has 252 valence electrons. The minimum Gasteiger partial charge on any atom is -0.508 e. The number of imide groups is 2. The van der Waals surface area contributed by atoms with Crippen LogP contribution >= 0.6 is 39.1 Å². The number of amides is 4. The van der Waals surface area contributed by atoms with Crippen LogP contribution in [0.5, 0.6) is 17.2 Å². The number of carbonyl (C=O) groups excluding carboxylic acids is 4. The van der Waals surface area contributed by atoms with E-state index in [1.165, 1.54) is 17.0 Å². The Kier molecular flexibility index (Phi) is 8.40. The number of methoxy groups -OCH3 is 2. The number of phenols is 1. The van der Waals surface area contributed by atoms with E-state index in [0.717, 1.165) is 16.0 Å². The molecule has 9 nitrogen and oxygen atoms in total. The first kappa shape index (κ1) is 33.4. The second-order valence-corrected chi connectivity index (χ2v) is 14.4. The van der Waals surface area contributed by atoms with E-state index >= 15 is 0 Å². The molecule has 7 rings (SSSR count). The zero-order valence-corrected chi connectivity index (χ0v) is 29.5. The SMILES string of the molecule is COc1ccc(OC)c(C=Cc2ccc(N3C(=O)[C@H]4[C@H](CC=C5[C@H]4C[C@@]4(Cl)C(=O)N(CBr)C(=O)[C@@]4(Cl)[C@H]5c4cccc(O)c4)C3=O)cc2)c1. The summed E-state index contributed by atoms with van der Waals surface area (Å²) >= 11 is 17.7. The summed E-state index contributed by atoms with van der Waals surface area (Å²) in [6.07, 6.45) is 5.77. The lowest BCUT2D eigenvalue weighted by Crippen LogP contribution is -2.60. The van der Waals surface area contributed by atoms with Gasteiger partial charge in [-0.1, -0.05) is 64.0 Å². The average molecular weight is 766 g/mol. The molecular weight excluding hydrogens is 735 g/mol. The van der Waals surface area contributed by atoms with Gasteiger partial charge in [0.15, 0.2) is 9.75 Å². The summed E-state index contributed by atoms with van der Waals surface area (Å²) in [5, 5.41) is 10.4. The van der Waals surface area contributed by atoms with Crippen LogP contribution in [0.15, 0.2) is 78.4 Å². The molecule has 1 N–H and O–H groups in total. The van der Waals surface area contributed by atoms with Gasteiger partial charge in [-0.3, -0.25) is 29.0 Å². The number of halogens is 3. The number of anilines is 1. The van der Waals surface area contributed by atoms with Gasteiger partial charge in [-0.05, 0) is 72.4 Å². The summed E-state index contributed by atoms with van der Waals surface area (Å²) in [6, 6.07) is 18.9. The molecule has 0 radical (unpaired) electrons. The molecule has 6 atom stereocenters. The van der Waals surface area contributed by atoms with Crippen molar-refractivity contribution in [1.82, 2.24) is 4.90 Å². The van der Waals surface area contributed by atoms with Crippen molar-refractivity contribution in [3.8, 4) is 17.2 Å². The Balaban J connectivity index is 1.22. The van der Waals surface area contributed by atoms with Gasteiger partial charge in [0.1, 0.15) is 17.2 Å². The zero-order chi connectivity index (χ0) is 34.8. The van der Waals surface area contributed by atoms with Crippen molar-refractivity contribution in [3.05, 3.63) is 95.1 Å². The summed E-state index contributed by atoms with van der Waals surface area (Å²) in [7, 11) is 3.19. The molecule has 4 amide bonds. The predicted molar refractivity (Wildman–Crippen MR) is 189 cm³/mol. The van der Waals surface area contributed by atoms with Gasteiger partial charge < -0.3 is 14.6 Å². The largest absolute Gasteiger partial charge is 0.508 e. The monoisotopic (exact) mass is 764 g/mol. The zero-order valence-electron chi connectivity index (χ0n) is 26.4. The topological polar surface area (TPSA) is 113 Å². The molecule has 2 heterocycles. The lowest BCUT2D eigenvalue weighted by atomic mass is 9.56. The highest BCUT2D eigenvalue weighted by Crippen LogP contribution is 2.65. The van der Waals surface area contributed by atoms with Gasteiger partial charge in [-0.25, -0.2) is 0 Å². The van der Waals surface area contributed by atoms with Crippen molar-refractivity contribution >= 4 is 80.6 Å². The molecule has 4 aliphatic rings. The molecule has 49 heavy (non-hydrogen) atoms. The van der Waals surface area contributed by atoms with Gasteiger partial charge in [0.25, 0.3) is 11.8 Å². The fourth-order valence-electron chi connectivity index (χ4n) is 7.98. The van der Waals surface area contributed by atoms with Crippen LogP contribution in [-0.4, -0.2) is 63.1 Å². The van der Waals surface area contributed by atoms with Crippen LogP contribution in [0.2, 0.25) is 0 Å². The number of carbonyl (C=O) groups is 4. The van der Waals surface area contributed by atoms with Crippen molar-refractivity contribution in [2.45, 2.75) is 28.5 Å². The van der Waals surface area contributed by atoms with Crippen molar-refractivity contribution < 1.29 is 33.8 Å². The maximum absolute atomic E-state index is 14.3. The summed E-state index contributed by atoms with van der Waals surface area (Å²) < 4.78 is 10.8. The molecule has 0 aromatic heterocycles. The van der Waals surface area contributed by atoms with Crippen LogP contribution in [0.25, 0.3) is 12.2 Å². The first-order chi connectivity index (χ1) is 23.5. The summed E-state index contributed by atoms with van der Waals surface area (Å²) in [5.74, 6) is -3.87. The fourth-order valence-corrected chi connectivity index (χ4v) is 9.40. The molecule has 3 aromatic carbocycles. The summed E-state index contributed by atoms with van der Waals surface area (Å²) in [4.78, 5) is 54.3. The van der Waals surface area contributed by atoms with Crippen LogP contribution in [0.4, 0.5) is 5.69 Å². The van der Waals surface area contributed by atoms with Gasteiger partial charge >= 0.3 is 0 Å². The van der Waals surface area contributed by atoms with E-state index in [0.29, 0.717) is 28.3 Å². The third kappa shape index (κ3) is 4.94. The number of aromatic hydroxyl groups is 1. The number of allylic oxidation sites excluding steroid dienone is 2. The highest BCUT2D eigenvalue weighted by molar-refractivity contribution is 9.09. The van der Waals surface area contributed by atoms with Gasteiger partial charge in [0.05, 0.1) is 37.2 Å². The van der Waals surface area contributed by atoms with Crippen molar-refractivity contribution in [2.75, 3.05) is 24.6 Å². The first-order valence-electron chi connectivity index (χ1n) is 15.7. The van der Waals surface area contributed by atoms with Crippen LogP contribution in [0.1, 0.15) is 35.4 Å². The fraction of sp³-hybridized carbons (Fsp3) is 0.297. The lowest BCUT2D eigenvalue weighted by molar-refractivity contribution is -0.138. The molecular formula is C37H31BrCl2N2O7. The second kappa shape index (κ2) is 12.3. The quantitative estimate of drug-likeness (QED) is 0.0962. The number of hydrogen-bond acceptors (Lipinski definition) is 7. The third-order valence-corrected chi connectivity index (χ3v) is 12.2. The average Bonchev–Trinajstić information content (AvgIpc) is 3.44. The molecule has 12 heteroatoms. The molecule has 3 fully saturated rings. The highest BCUT2D eigenvalue weighted by Gasteiger charge is 2.76. The Morgan fingerprint density at radius 2 is 1.67 bits per heavy atom. The Hall–Kier alpha value is -4.12. The van der Waals surface area contributed by atoms with Crippen LogP contribution in [0.3, 0.4) is 0 Å². The summed E-state index contributed by atoms with van der Waals surface area (Å²) in [5.41, 5.74) is 3.10. The maximum atomic E-state index is 14.3. The number of nitrogens with zero attached hydrogens (tertiary/aromatic N) is 2. The van der Waals surface area contributed by atoms with E-state index < -0.39 is 51.1 Å². The molecule has 0 spiro atoms. The number of alkyl halides is 3. The Labute approximate surface area is 301 Å². The number of fused-ring (bicyclic) bond motifs is 4. The molecule has 1 saturated carbocycles. The van der Waals surface area contributed by atoms with Gasteiger partial charge in [-0.15, -0.1) is 23.2 Å². The van der Waals surface area contributed by atoms with E-state index in [1.807, 2.05) is 48.6 Å². The second-order valence-electron chi connectivity index (χ2n) is 12.6. The Bertz CT molecular complexity index is 1970. The van der Waals surface area contributed by atoms with Crippen molar-refractivity contribution in [2.24, 2.45) is 17.8 Å². The first-order valence-corrected chi connectivity index (χ1v) is 17.5. The molecule has 3 aromatic rings. The lowest BCUT2D eigenvalue weighted by Gasteiger charge is -2.50. The number of rotatable bonds is 7. The highest BCUT2D eigenvalue weighted by atomic mass is 79.9. The number of phenolic OH excluding ortho intramolecular Hbond substituents is 1. The van der Waals surface area contributed by atoms with Crippen LogP contribution in [-0.2, 0) is 19.2 Å². The molecule has 2 aliphatic carbocycles. The Morgan fingerprint density at radius 1 is 0.918 bits per heavy atom. The van der Waals surface area contributed by atoms with E-state index in [-0.39, 0.29) is 30.0 Å². The van der Waals surface area contributed by atoms with Crippen LogP contribution < -0.4 is 14.4 Å². The van der Waals surface area contributed by atoms with E-state index in [1.54, 1.807) is 38.5 Å². The Morgan fingerprint density at radius 3 is 2.35 bits per heavy atom. The summed E-state index contributed by atoms with van der Waals surface area (Å²) in [6.45, 7) is 0. The van der Waals surface area contributed by atoms with Crippen molar-refractivity contribution in [3.63, 3.8) is 0 Å². The standard InChI is InChI=1S/C37H31BrCl2N2O7/c1-48-25-12-15-29(49-2)21(17-25)9-6-20-7-10-23(11-8-20)42-32(44)27-14-13-26-28(30(27)33(42)45)18-36(39)34(46)41(19-38)35(47)37(36,40)31(26)22-4-3-5-24(43)16-22/h3-13,15-17,27-28,30-31,43H,14,18-19H2,1-2H3/t27-,28+,30-,31-,36+,37-/m0/s1. The number of hydrogen-bond donors (Lipinski definition) is 1. The van der Waals surface area contributed by atoms with E-state index in [4.69, 9.17) is 32.7 Å². The van der Waals surface area contributed by atoms with E-state index in [9.17, 15) is 24.3 Å². The van der Waals surface area contributed by atoms with E-state index in [2.05, 4.69) is 15.9 Å². The number of benzene rings is 3. The molecule has 0 bridgehead atoms. The third-order valence-electron chi connectivity index (χ3n) is 10.3. The number of likely N-dealkylation sites (tertiary alicyclic amines) is 1. The molecule has 0 unspecified atom stereocenters. The predicted octanol–water partition coefficient (Wildman–Crippen LogP) is 6.50. The smallest absolute Gasteiger partial charge is 0.254 e. The molecule has 2 aliphatic heterocycles. The van der Waals surface area contributed by atoms with Crippen molar-refractivity contribution in [1.29, 1.82) is 0 Å². The van der Waals surface area contributed by atoms with Crippen LogP contribution in [0, 0.1) is 17.8 Å². The minimum atomic E-state index is -1.92. The van der Waals surface area contributed by atoms with Gasteiger partial charge in [0, 0.05) is 11.5 Å².